The molecule has 0 saturated heterocycles. The van der Waals surface area contributed by atoms with E-state index in [0.29, 0.717) is 5.02 Å². The first-order chi connectivity index (χ1) is 16.5. The van der Waals surface area contributed by atoms with E-state index >= 15 is 0 Å². The second-order valence-electron chi connectivity index (χ2n) is 7.63. The highest BCUT2D eigenvalue weighted by Gasteiger charge is 2.30. The smallest absolute Gasteiger partial charge is 0.350 e. The number of hydrogen-bond acceptors (Lipinski definition) is 3. The molecule has 6 nitrogen and oxygen atoms in total. The Hall–Kier alpha value is -3.56. The molecule has 1 N–H and O–H groups in total. The number of amides is 1. The van der Waals surface area contributed by atoms with E-state index in [-0.39, 0.29) is 33.7 Å². The Labute approximate surface area is 206 Å². The van der Waals surface area contributed by atoms with E-state index in [1.54, 1.807) is 12.1 Å². The molecule has 0 aliphatic carbocycles. The number of benzene rings is 3. The lowest BCUT2D eigenvalue weighted by atomic mass is 10.1. The molecule has 0 atom stereocenters. The predicted octanol–water partition coefficient (Wildman–Crippen LogP) is 4.79. The van der Waals surface area contributed by atoms with E-state index < -0.39 is 35.4 Å². The maximum atomic E-state index is 13.3. The van der Waals surface area contributed by atoms with Crippen molar-refractivity contribution in [1.29, 1.82) is 0 Å². The highest BCUT2D eigenvalue weighted by Crippen LogP contribution is 2.29. The molecule has 4 aromatic rings. The van der Waals surface area contributed by atoms with E-state index in [9.17, 15) is 27.6 Å². The van der Waals surface area contributed by atoms with Crippen LogP contribution in [0.25, 0.3) is 16.6 Å². The van der Waals surface area contributed by atoms with Crippen molar-refractivity contribution in [3.05, 3.63) is 109 Å². The minimum Gasteiger partial charge on any atom is -0.350 e. The average Bonchev–Trinajstić information content (AvgIpc) is 2.80. The highest BCUT2D eigenvalue weighted by atomic mass is 35.5. The van der Waals surface area contributed by atoms with Crippen molar-refractivity contribution in [2.75, 3.05) is 0 Å². The molecule has 1 amide bonds. The Bertz CT molecular complexity index is 1560. The first-order valence-corrected chi connectivity index (χ1v) is 10.9. The SMILES string of the molecule is O=C(Cn1c(=O)n(-c2cccc(Cl)c2)c(=O)c2ccc(Cl)cc21)NCc1cccc(C(F)(F)F)c1. The van der Waals surface area contributed by atoms with Crippen LogP contribution in [0, 0.1) is 0 Å². The van der Waals surface area contributed by atoms with Crippen molar-refractivity contribution >= 4 is 40.0 Å². The van der Waals surface area contributed by atoms with Crippen LogP contribution >= 0.6 is 23.2 Å². The summed E-state index contributed by atoms with van der Waals surface area (Å²) in [7, 11) is 0. The van der Waals surface area contributed by atoms with E-state index in [2.05, 4.69) is 5.32 Å². The van der Waals surface area contributed by atoms with Crippen LogP contribution in [-0.2, 0) is 24.1 Å². The highest BCUT2D eigenvalue weighted by molar-refractivity contribution is 6.31. The standard InChI is InChI=1S/C24H16Cl2F3N3O3/c25-16-5-2-6-18(10-16)32-22(34)19-8-7-17(26)11-20(19)31(23(32)35)13-21(33)30-12-14-3-1-4-15(9-14)24(27,28)29/h1-11H,12-13H2,(H,30,33). The maximum Gasteiger partial charge on any atom is 0.416 e. The Morgan fingerprint density at radius 3 is 2.34 bits per heavy atom. The molecule has 0 bridgehead atoms. The number of nitrogens with zero attached hydrogens (tertiary/aromatic N) is 2. The fourth-order valence-corrected chi connectivity index (χ4v) is 3.94. The minimum atomic E-state index is -4.51. The molecule has 4 rings (SSSR count). The third kappa shape index (κ3) is 5.26. The Morgan fingerprint density at radius 1 is 0.914 bits per heavy atom. The van der Waals surface area contributed by atoms with Gasteiger partial charge in [-0.15, -0.1) is 0 Å². The molecule has 1 aromatic heterocycles. The summed E-state index contributed by atoms with van der Waals surface area (Å²) in [5.41, 5.74) is -1.68. The molecule has 1 heterocycles. The van der Waals surface area contributed by atoms with Gasteiger partial charge < -0.3 is 5.32 Å². The molecule has 0 fully saturated rings. The van der Waals surface area contributed by atoms with Gasteiger partial charge >= 0.3 is 11.9 Å². The number of carbonyl (C=O) groups excluding carboxylic acids is 1. The molecular formula is C24H16Cl2F3N3O3. The topological polar surface area (TPSA) is 73.1 Å². The van der Waals surface area contributed by atoms with Crippen molar-refractivity contribution in [2.24, 2.45) is 0 Å². The number of hydrogen-bond donors (Lipinski definition) is 1. The first-order valence-electron chi connectivity index (χ1n) is 10.2. The third-order valence-electron chi connectivity index (χ3n) is 5.22. The lowest BCUT2D eigenvalue weighted by molar-refractivity contribution is -0.137. The van der Waals surface area contributed by atoms with Crippen LogP contribution in [0.4, 0.5) is 13.2 Å². The molecule has 0 saturated carbocycles. The largest absolute Gasteiger partial charge is 0.416 e. The van der Waals surface area contributed by atoms with Gasteiger partial charge in [-0.1, -0.05) is 41.4 Å². The van der Waals surface area contributed by atoms with E-state index in [1.807, 2.05) is 0 Å². The lowest BCUT2D eigenvalue weighted by Crippen LogP contribution is -2.41. The molecule has 0 aliphatic heterocycles. The zero-order chi connectivity index (χ0) is 25.3. The number of aromatic nitrogens is 2. The van der Waals surface area contributed by atoms with Crippen molar-refractivity contribution in [1.82, 2.24) is 14.5 Å². The summed E-state index contributed by atoms with van der Waals surface area (Å²) in [6.07, 6.45) is -4.51. The third-order valence-corrected chi connectivity index (χ3v) is 5.69. The number of fused-ring (bicyclic) bond motifs is 1. The summed E-state index contributed by atoms with van der Waals surface area (Å²) in [6.45, 7) is -0.695. The monoisotopic (exact) mass is 521 g/mol. The zero-order valence-corrected chi connectivity index (χ0v) is 19.3. The maximum absolute atomic E-state index is 13.3. The van der Waals surface area contributed by atoms with Crippen molar-refractivity contribution in [3.8, 4) is 5.69 Å². The second-order valence-corrected chi connectivity index (χ2v) is 8.50. The van der Waals surface area contributed by atoms with Crippen LogP contribution in [-0.4, -0.2) is 15.0 Å². The van der Waals surface area contributed by atoms with Crippen LogP contribution in [0.3, 0.4) is 0 Å². The fourth-order valence-electron chi connectivity index (χ4n) is 3.59. The van der Waals surface area contributed by atoms with Crippen LogP contribution in [0.5, 0.6) is 0 Å². The number of halogens is 5. The van der Waals surface area contributed by atoms with Gasteiger partial charge in [-0.25, -0.2) is 9.36 Å². The van der Waals surface area contributed by atoms with Crippen LogP contribution in [0.15, 0.2) is 76.3 Å². The molecule has 180 valence electrons. The molecule has 0 unspecified atom stereocenters. The summed E-state index contributed by atoms with van der Waals surface area (Å²) in [4.78, 5) is 39.1. The normalized spacial score (nSPS) is 11.6. The lowest BCUT2D eigenvalue weighted by Gasteiger charge is -2.15. The zero-order valence-electron chi connectivity index (χ0n) is 17.8. The molecule has 3 aromatic carbocycles. The summed E-state index contributed by atoms with van der Waals surface area (Å²) in [5.74, 6) is -0.651. The predicted molar refractivity (Wildman–Crippen MR) is 127 cm³/mol. The minimum absolute atomic E-state index is 0.139. The van der Waals surface area contributed by atoms with Crippen molar-refractivity contribution in [2.45, 2.75) is 19.3 Å². The summed E-state index contributed by atoms with van der Waals surface area (Å²) in [5, 5.41) is 3.19. The van der Waals surface area contributed by atoms with Gasteiger partial charge in [0.2, 0.25) is 5.91 Å². The average molecular weight is 522 g/mol. The quantitative estimate of drug-likeness (QED) is 0.410. The number of alkyl halides is 3. The van der Waals surface area contributed by atoms with Gasteiger partial charge in [0, 0.05) is 16.6 Å². The van der Waals surface area contributed by atoms with Gasteiger partial charge in [-0.05, 0) is 54.1 Å². The summed E-state index contributed by atoms with van der Waals surface area (Å²) < 4.78 is 40.8. The Balaban J connectivity index is 1.71. The molecule has 0 aliphatic rings. The fraction of sp³-hybridized carbons (Fsp3) is 0.125. The van der Waals surface area contributed by atoms with Crippen LogP contribution in [0.1, 0.15) is 11.1 Å². The van der Waals surface area contributed by atoms with Crippen LogP contribution < -0.4 is 16.6 Å². The number of carbonyl (C=O) groups is 1. The molecule has 0 spiro atoms. The van der Waals surface area contributed by atoms with Gasteiger partial charge in [-0.2, -0.15) is 13.2 Å². The first kappa shape index (κ1) is 24.6. The second kappa shape index (κ2) is 9.59. The van der Waals surface area contributed by atoms with Gasteiger partial charge in [-0.3, -0.25) is 14.2 Å². The van der Waals surface area contributed by atoms with Gasteiger partial charge in [0.1, 0.15) is 6.54 Å². The summed E-state index contributed by atoms with van der Waals surface area (Å²) >= 11 is 12.1. The van der Waals surface area contributed by atoms with Crippen molar-refractivity contribution < 1.29 is 18.0 Å². The molecular weight excluding hydrogens is 506 g/mol. The molecule has 0 radical (unpaired) electrons. The summed E-state index contributed by atoms with van der Waals surface area (Å²) in [6, 6.07) is 15.0. The van der Waals surface area contributed by atoms with Crippen LogP contribution in [0.2, 0.25) is 10.0 Å². The molecule has 11 heteroatoms. The number of rotatable bonds is 5. The van der Waals surface area contributed by atoms with Gasteiger partial charge in [0.25, 0.3) is 5.56 Å². The van der Waals surface area contributed by atoms with E-state index in [4.69, 9.17) is 23.2 Å². The van der Waals surface area contributed by atoms with E-state index in [0.717, 1.165) is 21.3 Å². The Kier molecular flexibility index (Phi) is 6.73. The molecule has 35 heavy (non-hydrogen) atoms. The van der Waals surface area contributed by atoms with Crippen molar-refractivity contribution in [3.63, 3.8) is 0 Å². The van der Waals surface area contributed by atoms with E-state index in [1.165, 1.54) is 42.5 Å². The van der Waals surface area contributed by atoms with Gasteiger partial charge in [0.05, 0.1) is 22.2 Å². The number of nitrogens with one attached hydrogen (secondary N) is 1. The Morgan fingerprint density at radius 2 is 1.63 bits per heavy atom. The van der Waals surface area contributed by atoms with Gasteiger partial charge in [0.15, 0.2) is 0 Å².